The first-order valence-electron chi connectivity index (χ1n) is 8.23. The minimum Gasteiger partial charge on any atom is -0.478 e. The number of benzene rings is 3. The number of rotatable bonds is 6. The number of carboxylic acid groups (broad SMARTS) is 1. The molecule has 1 atom stereocenters. The Labute approximate surface area is 147 Å². The monoisotopic (exact) mass is 332 g/mol. The summed E-state index contributed by atoms with van der Waals surface area (Å²) >= 11 is 0. The summed E-state index contributed by atoms with van der Waals surface area (Å²) in [5.41, 5.74) is 4.38. The number of aryl methyl sites for hydroxylation is 1. The predicted molar refractivity (Wildman–Crippen MR) is 98.8 cm³/mol. The second kappa shape index (κ2) is 7.67. The van der Waals surface area contributed by atoms with Crippen LogP contribution in [0.3, 0.4) is 0 Å². The van der Waals surface area contributed by atoms with E-state index in [1.54, 1.807) is 0 Å². The molecule has 0 aliphatic rings. The molecule has 3 heteroatoms. The smallest absolute Gasteiger partial charge is 0.345 e. The molecule has 0 saturated heterocycles. The highest BCUT2D eigenvalue weighted by atomic mass is 16.5. The molecule has 0 aromatic heterocycles. The summed E-state index contributed by atoms with van der Waals surface area (Å²) in [5.74, 6) is -0.410. The molecule has 0 unspecified atom stereocenters. The van der Waals surface area contributed by atoms with Crippen molar-refractivity contribution >= 4 is 5.97 Å². The van der Waals surface area contributed by atoms with E-state index in [-0.39, 0.29) is 0 Å². The zero-order valence-electron chi connectivity index (χ0n) is 14.1. The van der Waals surface area contributed by atoms with Gasteiger partial charge in [-0.15, -0.1) is 0 Å². The molecular weight excluding hydrogens is 312 g/mol. The number of hydrogen-bond donors (Lipinski definition) is 1. The topological polar surface area (TPSA) is 46.5 Å². The quantitative estimate of drug-likeness (QED) is 0.709. The summed E-state index contributed by atoms with van der Waals surface area (Å²) in [7, 11) is 0. The largest absolute Gasteiger partial charge is 0.478 e. The van der Waals surface area contributed by atoms with E-state index in [2.05, 4.69) is 19.1 Å². The van der Waals surface area contributed by atoms with Crippen molar-refractivity contribution in [3.63, 3.8) is 0 Å². The summed E-state index contributed by atoms with van der Waals surface area (Å²) in [6.45, 7) is 2.07. The van der Waals surface area contributed by atoms with Crippen LogP contribution in [0.5, 0.6) is 5.75 Å². The molecule has 0 saturated carbocycles. The van der Waals surface area contributed by atoms with E-state index in [1.807, 2.05) is 66.7 Å². The lowest BCUT2D eigenvalue weighted by atomic mass is 10.0. The Morgan fingerprint density at radius 3 is 2.20 bits per heavy atom. The molecule has 3 nitrogen and oxygen atoms in total. The van der Waals surface area contributed by atoms with Crippen LogP contribution in [0.2, 0.25) is 0 Å². The molecule has 0 radical (unpaired) electrons. The molecule has 3 rings (SSSR count). The average molecular weight is 332 g/mol. The standard InChI is InChI=1S/C22H20O3/c1-16-7-5-6-10-20(16)18-11-13-19(14-12-18)25-21(22(23)24)15-17-8-3-2-4-9-17/h2-14,21H,15H2,1H3,(H,23,24)/t21-/m0/s1. The van der Waals surface area contributed by atoms with Gasteiger partial charge in [-0.3, -0.25) is 0 Å². The van der Waals surface area contributed by atoms with Gasteiger partial charge in [-0.1, -0.05) is 66.7 Å². The first-order valence-corrected chi connectivity index (χ1v) is 8.23. The molecule has 0 aliphatic carbocycles. The zero-order chi connectivity index (χ0) is 17.6. The number of aliphatic carboxylic acids is 1. The van der Waals surface area contributed by atoms with Crippen molar-refractivity contribution in [1.29, 1.82) is 0 Å². The minimum absolute atomic E-state index is 0.329. The second-order valence-electron chi connectivity index (χ2n) is 5.97. The van der Waals surface area contributed by atoms with Gasteiger partial charge in [0.05, 0.1) is 0 Å². The summed E-state index contributed by atoms with van der Waals surface area (Å²) in [6.07, 6.45) is -0.581. The number of carboxylic acids is 1. The van der Waals surface area contributed by atoms with Crippen molar-refractivity contribution in [1.82, 2.24) is 0 Å². The van der Waals surface area contributed by atoms with Crippen LogP contribution in [-0.2, 0) is 11.2 Å². The zero-order valence-corrected chi connectivity index (χ0v) is 14.1. The van der Waals surface area contributed by atoms with Crippen LogP contribution in [0.4, 0.5) is 0 Å². The Balaban J connectivity index is 1.75. The molecular formula is C22H20O3. The molecule has 0 spiro atoms. The number of ether oxygens (including phenoxy) is 1. The molecule has 0 bridgehead atoms. The van der Waals surface area contributed by atoms with Gasteiger partial charge in [0.25, 0.3) is 0 Å². The lowest BCUT2D eigenvalue weighted by Crippen LogP contribution is -2.29. The second-order valence-corrected chi connectivity index (χ2v) is 5.97. The molecule has 1 N–H and O–H groups in total. The predicted octanol–water partition coefficient (Wildman–Crippen LogP) is 4.74. The fraction of sp³-hybridized carbons (Fsp3) is 0.136. The van der Waals surface area contributed by atoms with Crippen LogP contribution in [0.1, 0.15) is 11.1 Å². The number of carbonyl (C=O) groups is 1. The highest BCUT2D eigenvalue weighted by molar-refractivity contribution is 5.73. The van der Waals surface area contributed by atoms with Gasteiger partial charge in [0.2, 0.25) is 0 Å². The third-order valence-electron chi connectivity index (χ3n) is 4.13. The molecule has 0 heterocycles. The molecule has 3 aromatic rings. The van der Waals surface area contributed by atoms with E-state index in [1.165, 1.54) is 5.56 Å². The Bertz CT molecular complexity index is 839. The van der Waals surface area contributed by atoms with Gasteiger partial charge < -0.3 is 9.84 Å². The van der Waals surface area contributed by atoms with Crippen LogP contribution >= 0.6 is 0 Å². The number of hydrogen-bond acceptors (Lipinski definition) is 2. The summed E-state index contributed by atoms with van der Waals surface area (Å²) in [5, 5.41) is 9.44. The van der Waals surface area contributed by atoms with Crippen LogP contribution in [-0.4, -0.2) is 17.2 Å². The van der Waals surface area contributed by atoms with E-state index in [0.717, 1.165) is 16.7 Å². The van der Waals surface area contributed by atoms with Crippen molar-refractivity contribution in [2.45, 2.75) is 19.4 Å². The van der Waals surface area contributed by atoms with E-state index in [4.69, 9.17) is 4.74 Å². The summed E-state index contributed by atoms with van der Waals surface area (Å²) < 4.78 is 5.70. The van der Waals surface area contributed by atoms with Crippen molar-refractivity contribution in [2.75, 3.05) is 0 Å². The van der Waals surface area contributed by atoms with Gasteiger partial charge >= 0.3 is 5.97 Å². The average Bonchev–Trinajstić information content (AvgIpc) is 2.63. The Hall–Kier alpha value is -3.07. The highest BCUT2D eigenvalue weighted by Gasteiger charge is 2.20. The molecule has 25 heavy (non-hydrogen) atoms. The van der Waals surface area contributed by atoms with Gasteiger partial charge in [0.1, 0.15) is 5.75 Å². The van der Waals surface area contributed by atoms with Gasteiger partial charge in [-0.05, 0) is 41.3 Å². The first-order chi connectivity index (χ1) is 12.1. The van der Waals surface area contributed by atoms with Crippen LogP contribution in [0, 0.1) is 6.92 Å². The third-order valence-corrected chi connectivity index (χ3v) is 4.13. The fourth-order valence-electron chi connectivity index (χ4n) is 2.78. The maximum atomic E-state index is 11.5. The molecule has 0 amide bonds. The fourth-order valence-corrected chi connectivity index (χ4v) is 2.78. The van der Waals surface area contributed by atoms with Gasteiger partial charge in [0.15, 0.2) is 6.10 Å². The van der Waals surface area contributed by atoms with E-state index in [9.17, 15) is 9.90 Å². The van der Waals surface area contributed by atoms with Crippen molar-refractivity contribution in [2.24, 2.45) is 0 Å². The lowest BCUT2D eigenvalue weighted by molar-refractivity contribution is -0.145. The van der Waals surface area contributed by atoms with Gasteiger partial charge in [0, 0.05) is 6.42 Å². The minimum atomic E-state index is -0.966. The van der Waals surface area contributed by atoms with Crippen LogP contribution in [0.25, 0.3) is 11.1 Å². The molecule has 3 aromatic carbocycles. The molecule has 126 valence electrons. The summed E-state index contributed by atoms with van der Waals surface area (Å²) in [6, 6.07) is 25.2. The van der Waals surface area contributed by atoms with Crippen LogP contribution < -0.4 is 4.74 Å². The molecule has 0 fully saturated rings. The lowest BCUT2D eigenvalue weighted by Gasteiger charge is -2.16. The Kier molecular flexibility index (Phi) is 5.14. The summed E-state index contributed by atoms with van der Waals surface area (Å²) in [4.78, 5) is 11.5. The van der Waals surface area contributed by atoms with E-state index >= 15 is 0 Å². The third kappa shape index (κ3) is 4.27. The van der Waals surface area contributed by atoms with Gasteiger partial charge in [-0.2, -0.15) is 0 Å². The first kappa shape index (κ1) is 16.8. The van der Waals surface area contributed by atoms with E-state index in [0.29, 0.717) is 12.2 Å². The molecule has 0 aliphatic heterocycles. The SMILES string of the molecule is Cc1ccccc1-c1ccc(O[C@@H](Cc2ccccc2)C(=O)O)cc1. The van der Waals surface area contributed by atoms with E-state index < -0.39 is 12.1 Å². The van der Waals surface area contributed by atoms with Crippen molar-refractivity contribution in [3.05, 3.63) is 90.0 Å². The Morgan fingerprint density at radius 2 is 1.56 bits per heavy atom. The normalized spacial score (nSPS) is 11.7. The maximum absolute atomic E-state index is 11.5. The van der Waals surface area contributed by atoms with Crippen molar-refractivity contribution < 1.29 is 14.6 Å². The van der Waals surface area contributed by atoms with Gasteiger partial charge in [-0.25, -0.2) is 4.79 Å². The highest BCUT2D eigenvalue weighted by Crippen LogP contribution is 2.26. The van der Waals surface area contributed by atoms with Crippen LogP contribution in [0.15, 0.2) is 78.9 Å². The Morgan fingerprint density at radius 1 is 0.920 bits per heavy atom. The van der Waals surface area contributed by atoms with Crippen molar-refractivity contribution in [3.8, 4) is 16.9 Å². The maximum Gasteiger partial charge on any atom is 0.345 e.